The van der Waals surface area contributed by atoms with Gasteiger partial charge in [-0.25, -0.2) is 9.78 Å². The minimum atomic E-state index is -0.0768. The molecule has 0 unspecified atom stereocenters. The summed E-state index contributed by atoms with van der Waals surface area (Å²) in [6.07, 6.45) is 3.09. The van der Waals surface area contributed by atoms with Crippen LogP contribution >= 0.6 is 11.5 Å². The molecule has 1 fully saturated rings. The molecule has 3 rings (SSSR count). The molecular weight excluding hydrogens is 310 g/mol. The number of nitrogens with zero attached hydrogens (tertiary/aromatic N) is 3. The predicted octanol–water partition coefficient (Wildman–Crippen LogP) is 2.92. The molecule has 0 atom stereocenters. The topological polar surface area (TPSA) is 84.1 Å². The molecule has 0 spiro atoms. The molecule has 0 saturated carbocycles. The first kappa shape index (κ1) is 15.7. The number of amides is 2. The average molecular weight is 331 g/mol. The van der Waals surface area contributed by atoms with Crippen LogP contribution in [0.1, 0.15) is 24.2 Å². The van der Waals surface area contributed by atoms with Crippen LogP contribution in [0, 0.1) is 12.8 Å². The first-order valence-corrected chi connectivity index (χ1v) is 8.58. The molecule has 0 bridgehead atoms. The van der Waals surface area contributed by atoms with Gasteiger partial charge in [0.2, 0.25) is 5.13 Å². The number of carbonyl (C=O) groups excluding carboxylic acids is 1. The fourth-order valence-corrected chi connectivity index (χ4v) is 3.41. The lowest BCUT2D eigenvalue weighted by Gasteiger charge is -2.31. The smallest absolute Gasteiger partial charge is 0.323 e. The van der Waals surface area contributed by atoms with Gasteiger partial charge in [-0.1, -0.05) is 12.1 Å². The molecule has 0 aliphatic carbocycles. The molecule has 1 aliphatic heterocycles. The van der Waals surface area contributed by atoms with E-state index in [1.807, 2.05) is 24.0 Å². The Kier molecular flexibility index (Phi) is 4.76. The zero-order valence-electron chi connectivity index (χ0n) is 13.2. The average Bonchev–Trinajstić information content (AvgIpc) is 2.95. The Morgan fingerprint density at radius 1 is 1.35 bits per heavy atom. The van der Waals surface area contributed by atoms with E-state index in [2.05, 4.69) is 26.8 Å². The van der Waals surface area contributed by atoms with Crippen LogP contribution < -0.4 is 11.1 Å². The number of aryl methyl sites for hydroxylation is 1. The van der Waals surface area contributed by atoms with Crippen molar-refractivity contribution >= 4 is 28.4 Å². The summed E-state index contributed by atoms with van der Waals surface area (Å²) in [4.78, 5) is 18.2. The second-order valence-electron chi connectivity index (χ2n) is 5.95. The van der Waals surface area contributed by atoms with E-state index in [-0.39, 0.29) is 6.03 Å². The lowest BCUT2D eigenvalue weighted by atomic mass is 9.90. The summed E-state index contributed by atoms with van der Waals surface area (Å²) >= 11 is 1.22. The minimum absolute atomic E-state index is 0.0768. The molecule has 2 heterocycles. The van der Waals surface area contributed by atoms with Gasteiger partial charge in [-0.05, 0) is 49.8 Å². The van der Waals surface area contributed by atoms with Crippen LogP contribution in [0.15, 0.2) is 24.3 Å². The molecule has 6 nitrogen and oxygen atoms in total. The van der Waals surface area contributed by atoms with E-state index in [1.165, 1.54) is 17.1 Å². The highest BCUT2D eigenvalue weighted by Crippen LogP contribution is 2.23. The van der Waals surface area contributed by atoms with Gasteiger partial charge in [0, 0.05) is 30.3 Å². The molecule has 0 radical (unpaired) electrons. The Morgan fingerprint density at radius 2 is 2.04 bits per heavy atom. The van der Waals surface area contributed by atoms with Gasteiger partial charge in [0.25, 0.3) is 0 Å². The molecule has 1 aliphatic rings. The fourth-order valence-electron chi connectivity index (χ4n) is 2.85. The van der Waals surface area contributed by atoms with Gasteiger partial charge >= 0.3 is 6.03 Å². The van der Waals surface area contributed by atoms with E-state index in [1.54, 1.807) is 0 Å². The number of nitrogen functional groups attached to an aromatic ring is 1. The third kappa shape index (κ3) is 4.19. The molecule has 1 aromatic heterocycles. The van der Waals surface area contributed by atoms with Crippen molar-refractivity contribution in [3.05, 3.63) is 35.7 Å². The number of urea groups is 1. The maximum atomic E-state index is 12.2. The Hall–Kier alpha value is -2.15. The zero-order chi connectivity index (χ0) is 16.2. The van der Waals surface area contributed by atoms with Crippen LogP contribution in [0.4, 0.5) is 15.6 Å². The minimum Gasteiger partial charge on any atom is -0.399 e. The third-order valence-electron chi connectivity index (χ3n) is 4.15. The normalized spacial score (nSPS) is 15.6. The van der Waals surface area contributed by atoms with Gasteiger partial charge in [-0.15, -0.1) is 0 Å². The molecule has 23 heavy (non-hydrogen) atoms. The van der Waals surface area contributed by atoms with Crippen LogP contribution in [-0.4, -0.2) is 33.4 Å². The monoisotopic (exact) mass is 331 g/mol. The largest absolute Gasteiger partial charge is 0.399 e. The SMILES string of the molecule is Cc1nsc(NC(=O)N2CCC(Cc3ccc(N)cc3)CC2)n1. The summed E-state index contributed by atoms with van der Waals surface area (Å²) in [5.41, 5.74) is 7.83. The lowest BCUT2D eigenvalue weighted by Crippen LogP contribution is -2.41. The highest BCUT2D eigenvalue weighted by atomic mass is 32.1. The van der Waals surface area contributed by atoms with Crippen LogP contribution in [0.2, 0.25) is 0 Å². The summed E-state index contributed by atoms with van der Waals surface area (Å²) in [7, 11) is 0. The Labute approximate surface area is 139 Å². The number of hydrogen-bond donors (Lipinski definition) is 2. The first-order chi connectivity index (χ1) is 11.1. The van der Waals surface area contributed by atoms with Crippen molar-refractivity contribution in [2.24, 2.45) is 5.92 Å². The van der Waals surface area contributed by atoms with Gasteiger partial charge < -0.3 is 10.6 Å². The number of benzene rings is 1. The number of carbonyl (C=O) groups is 1. The predicted molar refractivity (Wildman–Crippen MR) is 92.5 cm³/mol. The summed E-state index contributed by atoms with van der Waals surface area (Å²) < 4.78 is 4.07. The number of aromatic nitrogens is 2. The zero-order valence-corrected chi connectivity index (χ0v) is 14.0. The van der Waals surface area contributed by atoms with Gasteiger partial charge in [0.1, 0.15) is 5.82 Å². The van der Waals surface area contributed by atoms with E-state index in [0.29, 0.717) is 16.9 Å². The molecule has 2 amide bonds. The highest BCUT2D eigenvalue weighted by Gasteiger charge is 2.23. The van der Waals surface area contributed by atoms with E-state index >= 15 is 0 Å². The third-order valence-corrected chi connectivity index (χ3v) is 4.87. The number of anilines is 2. The number of likely N-dealkylation sites (tertiary alicyclic amines) is 1. The highest BCUT2D eigenvalue weighted by molar-refractivity contribution is 7.09. The Balaban J connectivity index is 1.48. The van der Waals surface area contributed by atoms with Crippen molar-refractivity contribution in [1.82, 2.24) is 14.3 Å². The van der Waals surface area contributed by atoms with Crippen molar-refractivity contribution in [2.75, 3.05) is 24.1 Å². The molecule has 1 aromatic carbocycles. The molecular formula is C16H21N5OS. The fraction of sp³-hybridized carbons (Fsp3) is 0.438. The second kappa shape index (κ2) is 6.95. The maximum Gasteiger partial charge on any atom is 0.323 e. The summed E-state index contributed by atoms with van der Waals surface area (Å²) in [6, 6.07) is 7.99. The molecule has 2 aromatic rings. The van der Waals surface area contributed by atoms with Gasteiger partial charge in [-0.3, -0.25) is 5.32 Å². The van der Waals surface area contributed by atoms with Crippen molar-refractivity contribution in [3.63, 3.8) is 0 Å². The van der Waals surface area contributed by atoms with Crippen LogP contribution in [0.3, 0.4) is 0 Å². The van der Waals surface area contributed by atoms with Gasteiger partial charge in [0.15, 0.2) is 0 Å². The second-order valence-corrected chi connectivity index (χ2v) is 6.70. The van der Waals surface area contributed by atoms with Gasteiger partial charge in [0.05, 0.1) is 0 Å². The summed E-state index contributed by atoms with van der Waals surface area (Å²) in [5.74, 6) is 1.30. The van der Waals surface area contributed by atoms with E-state index in [9.17, 15) is 4.79 Å². The Bertz CT molecular complexity index is 661. The maximum absolute atomic E-state index is 12.2. The molecule has 1 saturated heterocycles. The standard InChI is InChI=1S/C16H21N5OS/c1-11-18-15(23-20-11)19-16(22)21-8-6-13(7-9-21)10-12-2-4-14(17)5-3-12/h2-5,13H,6-10,17H2,1H3,(H,18,19,20,22). The Morgan fingerprint density at radius 3 is 2.65 bits per heavy atom. The van der Waals surface area contributed by atoms with Crippen LogP contribution in [-0.2, 0) is 6.42 Å². The van der Waals surface area contributed by atoms with Crippen molar-refractivity contribution in [1.29, 1.82) is 0 Å². The van der Waals surface area contributed by atoms with E-state index < -0.39 is 0 Å². The van der Waals surface area contributed by atoms with Crippen molar-refractivity contribution in [2.45, 2.75) is 26.2 Å². The summed E-state index contributed by atoms with van der Waals surface area (Å²) in [6.45, 7) is 3.38. The molecule has 3 N–H and O–H groups in total. The number of hydrogen-bond acceptors (Lipinski definition) is 5. The number of nitrogens with two attached hydrogens (primary N) is 1. The van der Waals surface area contributed by atoms with Crippen molar-refractivity contribution < 1.29 is 4.79 Å². The van der Waals surface area contributed by atoms with E-state index in [4.69, 9.17) is 5.73 Å². The van der Waals surface area contributed by atoms with Crippen LogP contribution in [0.25, 0.3) is 0 Å². The number of rotatable bonds is 3. The van der Waals surface area contributed by atoms with E-state index in [0.717, 1.165) is 38.0 Å². The molecule has 122 valence electrons. The molecule has 7 heteroatoms. The number of nitrogens with one attached hydrogen (secondary N) is 1. The van der Waals surface area contributed by atoms with Gasteiger partial charge in [-0.2, -0.15) is 4.37 Å². The first-order valence-electron chi connectivity index (χ1n) is 7.81. The lowest BCUT2D eigenvalue weighted by molar-refractivity contribution is 0.182. The summed E-state index contributed by atoms with van der Waals surface area (Å²) in [5, 5.41) is 3.39. The van der Waals surface area contributed by atoms with Crippen LogP contribution in [0.5, 0.6) is 0 Å². The van der Waals surface area contributed by atoms with Crippen molar-refractivity contribution in [3.8, 4) is 0 Å². The number of piperidine rings is 1. The quantitative estimate of drug-likeness (QED) is 0.847.